The van der Waals surface area contributed by atoms with Gasteiger partial charge in [0.2, 0.25) is 0 Å². The van der Waals surface area contributed by atoms with E-state index in [0.717, 1.165) is 0 Å². The van der Waals surface area contributed by atoms with Crippen LogP contribution in [0.25, 0.3) is 0 Å². The second kappa shape index (κ2) is 2.36. The molecule has 3 nitrogen and oxygen atoms in total. The van der Waals surface area contributed by atoms with Crippen LogP contribution < -0.4 is 0 Å². The molecule has 0 aliphatic carbocycles. The Balaban J connectivity index is 2.06. The van der Waals surface area contributed by atoms with Crippen LogP contribution in [-0.4, -0.2) is 17.3 Å². The zero-order valence-corrected chi connectivity index (χ0v) is 6.23. The van der Waals surface area contributed by atoms with Crippen molar-refractivity contribution in [2.45, 2.75) is 25.2 Å². The van der Waals surface area contributed by atoms with Gasteiger partial charge in [0.1, 0.15) is 18.0 Å². The van der Waals surface area contributed by atoms with Gasteiger partial charge in [-0.05, 0) is 19.1 Å². The van der Waals surface area contributed by atoms with E-state index in [1.165, 1.54) is 0 Å². The normalized spacial score (nSPS) is 31.8. The molecule has 2 heterocycles. The predicted octanol–water partition coefficient (Wildman–Crippen LogP) is 1.10. The maximum absolute atomic E-state index is 9.50. The molecule has 0 amide bonds. The number of rotatable bonds is 2. The maximum atomic E-state index is 9.50. The van der Waals surface area contributed by atoms with Crippen LogP contribution >= 0.6 is 0 Å². The van der Waals surface area contributed by atoms with Crippen molar-refractivity contribution >= 4 is 0 Å². The first-order valence-corrected chi connectivity index (χ1v) is 3.66. The first-order valence-electron chi connectivity index (χ1n) is 3.66. The monoisotopic (exact) mass is 154 g/mol. The second-order valence-electron chi connectivity index (χ2n) is 2.77. The molecule has 60 valence electrons. The van der Waals surface area contributed by atoms with E-state index in [0.29, 0.717) is 5.76 Å². The molecule has 1 saturated heterocycles. The lowest BCUT2D eigenvalue weighted by Gasteiger charge is -2.01. The molecule has 0 bridgehead atoms. The van der Waals surface area contributed by atoms with E-state index in [1.54, 1.807) is 18.4 Å². The molecular weight excluding hydrogens is 144 g/mol. The van der Waals surface area contributed by atoms with Crippen LogP contribution in [0.5, 0.6) is 0 Å². The average Bonchev–Trinajstić information content (AvgIpc) is 2.56. The Morgan fingerprint density at radius 1 is 1.64 bits per heavy atom. The standard InChI is InChI=1S/C8H10O3/c1-5-8(11-5)7(9)6-3-2-4-10-6/h2-5,7-9H,1H3/t5-,7-,8-/m0/s1. The summed E-state index contributed by atoms with van der Waals surface area (Å²) in [7, 11) is 0. The van der Waals surface area contributed by atoms with Gasteiger partial charge in [0.05, 0.1) is 12.4 Å². The summed E-state index contributed by atoms with van der Waals surface area (Å²) in [4.78, 5) is 0. The molecule has 1 aromatic heterocycles. The van der Waals surface area contributed by atoms with Crippen molar-refractivity contribution in [1.29, 1.82) is 0 Å². The van der Waals surface area contributed by atoms with Gasteiger partial charge in [-0.25, -0.2) is 0 Å². The lowest BCUT2D eigenvalue weighted by molar-refractivity contribution is 0.114. The number of hydrogen-bond donors (Lipinski definition) is 1. The van der Waals surface area contributed by atoms with E-state index in [1.807, 2.05) is 6.92 Å². The summed E-state index contributed by atoms with van der Waals surface area (Å²) in [6, 6.07) is 3.50. The smallest absolute Gasteiger partial charge is 0.140 e. The van der Waals surface area contributed by atoms with E-state index >= 15 is 0 Å². The van der Waals surface area contributed by atoms with Crippen molar-refractivity contribution in [2.75, 3.05) is 0 Å². The third-order valence-electron chi connectivity index (χ3n) is 1.90. The zero-order valence-electron chi connectivity index (χ0n) is 6.23. The van der Waals surface area contributed by atoms with E-state index in [9.17, 15) is 5.11 Å². The van der Waals surface area contributed by atoms with Gasteiger partial charge < -0.3 is 14.3 Å². The van der Waals surface area contributed by atoms with Crippen LogP contribution in [0.2, 0.25) is 0 Å². The number of hydrogen-bond acceptors (Lipinski definition) is 3. The molecule has 3 heteroatoms. The van der Waals surface area contributed by atoms with Crippen LogP contribution in [0.3, 0.4) is 0 Å². The molecule has 1 aliphatic heterocycles. The lowest BCUT2D eigenvalue weighted by Crippen LogP contribution is -2.05. The highest BCUT2D eigenvalue weighted by Crippen LogP contribution is 2.33. The van der Waals surface area contributed by atoms with E-state index in [-0.39, 0.29) is 12.2 Å². The average molecular weight is 154 g/mol. The zero-order chi connectivity index (χ0) is 7.84. The first-order chi connectivity index (χ1) is 5.29. The summed E-state index contributed by atoms with van der Waals surface area (Å²) in [5.74, 6) is 0.583. The minimum Gasteiger partial charge on any atom is -0.466 e. The fraction of sp³-hybridized carbons (Fsp3) is 0.500. The maximum Gasteiger partial charge on any atom is 0.140 e. The van der Waals surface area contributed by atoms with Crippen molar-refractivity contribution < 1.29 is 14.3 Å². The van der Waals surface area contributed by atoms with Gasteiger partial charge in [0.15, 0.2) is 0 Å². The summed E-state index contributed by atoms with van der Waals surface area (Å²) in [6.45, 7) is 1.93. The molecule has 0 unspecified atom stereocenters. The van der Waals surface area contributed by atoms with Crippen molar-refractivity contribution in [2.24, 2.45) is 0 Å². The highest BCUT2D eigenvalue weighted by atomic mass is 16.6. The van der Waals surface area contributed by atoms with Crippen LogP contribution in [0.4, 0.5) is 0 Å². The van der Waals surface area contributed by atoms with Crippen molar-refractivity contribution in [1.82, 2.24) is 0 Å². The van der Waals surface area contributed by atoms with Gasteiger partial charge in [-0.1, -0.05) is 0 Å². The first kappa shape index (κ1) is 6.88. The van der Waals surface area contributed by atoms with Crippen LogP contribution in [0, 0.1) is 0 Å². The van der Waals surface area contributed by atoms with Crippen LogP contribution in [0.1, 0.15) is 18.8 Å². The molecule has 0 saturated carbocycles. The van der Waals surface area contributed by atoms with E-state index < -0.39 is 6.10 Å². The van der Waals surface area contributed by atoms with Gasteiger partial charge in [-0.3, -0.25) is 0 Å². The fourth-order valence-electron chi connectivity index (χ4n) is 1.16. The summed E-state index contributed by atoms with van der Waals surface area (Å²) in [5, 5.41) is 9.50. The SMILES string of the molecule is C[C@@H]1O[C@@H]1[C@@H](O)c1ccco1. The van der Waals surface area contributed by atoms with Gasteiger partial charge >= 0.3 is 0 Å². The highest BCUT2D eigenvalue weighted by Gasteiger charge is 2.42. The molecule has 1 aromatic rings. The summed E-state index contributed by atoms with van der Waals surface area (Å²) >= 11 is 0. The Morgan fingerprint density at radius 2 is 2.36 bits per heavy atom. The molecule has 0 spiro atoms. The highest BCUT2D eigenvalue weighted by molar-refractivity contribution is 5.07. The number of epoxide rings is 1. The molecule has 11 heavy (non-hydrogen) atoms. The van der Waals surface area contributed by atoms with Gasteiger partial charge in [0.25, 0.3) is 0 Å². The largest absolute Gasteiger partial charge is 0.466 e. The predicted molar refractivity (Wildman–Crippen MR) is 38.0 cm³/mol. The molecule has 3 atom stereocenters. The van der Waals surface area contributed by atoms with Crippen LogP contribution in [0.15, 0.2) is 22.8 Å². The van der Waals surface area contributed by atoms with Gasteiger partial charge in [-0.15, -0.1) is 0 Å². The van der Waals surface area contributed by atoms with Crippen molar-refractivity contribution in [3.05, 3.63) is 24.2 Å². The molecule has 2 rings (SSSR count). The van der Waals surface area contributed by atoms with E-state index in [2.05, 4.69) is 0 Å². The Kier molecular flexibility index (Phi) is 1.47. The Morgan fingerprint density at radius 3 is 2.82 bits per heavy atom. The molecule has 1 N–H and O–H groups in total. The fourth-order valence-corrected chi connectivity index (χ4v) is 1.16. The number of aliphatic hydroxyl groups is 1. The molecule has 1 aliphatic rings. The van der Waals surface area contributed by atoms with Gasteiger partial charge in [-0.2, -0.15) is 0 Å². The molecule has 1 fully saturated rings. The minimum atomic E-state index is -0.597. The minimum absolute atomic E-state index is 0.0684. The third kappa shape index (κ3) is 1.17. The summed E-state index contributed by atoms with van der Waals surface area (Å²) in [6.07, 6.45) is 1.04. The summed E-state index contributed by atoms with van der Waals surface area (Å²) in [5.41, 5.74) is 0. The Labute approximate surface area is 64.6 Å². The van der Waals surface area contributed by atoms with E-state index in [4.69, 9.17) is 9.15 Å². The van der Waals surface area contributed by atoms with Crippen molar-refractivity contribution in [3.63, 3.8) is 0 Å². The Hall–Kier alpha value is -0.800. The molecular formula is C8H10O3. The lowest BCUT2D eigenvalue weighted by atomic mass is 10.2. The number of furan rings is 1. The molecule has 0 aromatic carbocycles. The summed E-state index contributed by atoms with van der Waals surface area (Å²) < 4.78 is 10.1. The Bertz CT molecular complexity index is 229. The van der Waals surface area contributed by atoms with Crippen LogP contribution in [-0.2, 0) is 4.74 Å². The quantitative estimate of drug-likeness (QED) is 0.649. The number of aliphatic hydroxyl groups excluding tert-OH is 1. The van der Waals surface area contributed by atoms with Crippen molar-refractivity contribution in [3.8, 4) is 0 Å². The third-order valence-corrected chi connectivity index (χ3v) is 1.90. The number of ether oxygens (including phenoxy) is 1. The molecule has 0 radical (unpaired) electrons. The topological polar surface area (TPSA) is 45.9 Å². The second-order valence-corrected chi connectivity index (χ2v) is 2.77. The van der Waals surface area contributed by atoms with Gasteiger partial charge in [0, 0.05) is 0 Å².